The van der Waals surface area contributed by atoms with Gasteiger partial charge in [0.25, 0.3) is 5.91 Å². The second-order valence-corrected chi connectivity index (χ2v) is 4.81. The summed E-state index contributed by atoms with van der Waals surface area (Å²) in [5.41, 5.74) is 12.9. The van der Waals surface area contributed by atoms with Gasteiger partial charge in [-0.2, -0.15) is 0 Å². The van der Waals surface area contributed by atoms with Crippen LogP contribution in [0.2, 0.25) is 0 Å². The maximum absolute atomic E-state index is 11.2. The van der Waals surface area contributed by atoms with E-state index in [-0.39, 0.29) is 0 Å². The van der Waals surface area contributed by atoms with Crippen molar-refractivity contribution < 1.29 is 4.79 Å². The molecule has 1 amide bonds. The van der Waals surface area contributed by atoms with E-state index < -0.39 is 5.91 Å². The van der Waals surface area contributed by atoms with Crippen LogP contribution in [0.25, 0.3) is 0 Å². The van der Waals surface area contributed by atoms with Gasteiger partial charge in [-0.25, -0.2) is 0 Å². The SMILES string of the molecule is CC1CCN(c2ccc(N)c(C(N)=O)c2)CC1. The fraction of sp³-hybridized carbons (Fsp3) is 0.462. The first-order valence-electron chi connectivity index (χ1n) is 6.02. The molecule has 0 aromatic heterocycles. The quantitative estimate of drug-likeness (QED) is 0.762. The highest BCUT2D eigenvalue weighted by atomic mass is 16.1. The number of amides is 1. The van der Waals surface area contributed by atoms with E-state index in [2.05, 4.69) is 11.8 Å². The molecule has 92 valence electrons. The van der Waals surface area contributed by atoms with Crippen molar-refractivity contribution in [3.8, 4) is 0 Å². The second-order valence-electron chi connectivity index (χ2n) is 4.81. The standard InChI is InChI=1S/C13H19N3O/c1-9-4-6-16(7-5-9)10-2-3-12(14)11(8-10)13(15)17/h2-3,8-9H,4-7,14H2,1H3,(H2,15,17). The van der Waals surface area contributed by atoms with E-state index in [1.165, 1.54) is 12.8 Å². The van der Waals surface area contributed by atoms with E-state index in [0.29, 0.717) is 11.3 Å². The summed E-state index contributed by atoms with van der Waals surface area (Å²) in [5.74, 6) is 0.324. The van der Waals surface area contributed by atoms with Crippen molar-refractivity contribution in [3.05, 3.63) is 23.8 Å². The number of hydrogen-bond acceptors (Lipinski definition) is 3. The summed E-state index contributed by atoms with van der Waals surface area (Å²) in [7, 11) is 0. The fourth-order valence-corrected chi connectivity index (χ4v) is 2.22. The van der Waals surface area contributed by atoms with Gasteiger partial charge >= 0.3 is 0 Å². The van der Waals surface area contributed by atoms with Crippen LogP contribution in [0.3, 0.4) is 0 Å². The molecule has 0 spiro atoms. The molecule has 0 atom stereocenters. The highest BCUT2D eigenvalue weighted by Crippen LogP contribution is 2.25. The number of carbonyl (C=O) groups excluding carboxylic acids is 1. The Morgan fingerprint density at radius 3 is 2.59 bits per heavy atom. The first-order chi connectivity index (χ1) is 8.08. The Balaban J connectivity index is 2.21. The minimum Gasteiger partial charge on any atom is -0.398 e. The first kappa shape index (κ1) is 11.8. The van der Waals surface area contributed by atoms with Crippen LogP contribution in [0, 0.1) is 5.92 Å². The summed E-state index contributed by atoms with van der Waals surface area (Å²) in [6.07, 6.45) is 2.38. The van der Waals surface area contributed by atoms with Crippen molar-refractivity contribution in [2.45, 2.75) is 19.8 Å². The van der Waals surface area contributed by atoms with Crippen LogP contribution in [0.4, 0.5) is 11.4 Å². The minimum absolute atomic E-state index is 0.418. The number of piperidine rings is 1. The molecule has 1 aromatic carbocycles. The third kappa shape index (κ3) is 2.52. The van der Waals surface area contributed by atoms with E-state index in [1.807, 2.05) is 6.07 Å². The Kier molecular flexibility index (Phi) is 3.22. The third-order valence-corrected chi connectivity index (χ3v) is 3.45. The van der Waals surface area contributed by atoms with Crippen molar-refractivity contribution in [2.24, 2.45) is 11.7 Å². The first-order valence-corrected chi connectivity index (χ1v) is 6.02. The Labute approximate surface area is 102 Å². The summed E-state index contributed by atoms with van der Waals surface area (Å²) >= 11 is 0. The molecule has 4 nitrogen and oxygen atoms in total. The van der Waals surface area contributed by atoms with Gasteiger partial charge in [-0.15, -0.1) is 0 Å². The summed E-state index contributed by atoms with van der Waals surface area (Å²) in [6.45, 7) is 4.34. The van der Waals surface area contributed by atoms with Crippen molar-refractivity contribution in [1.29, 1.82) is 0 Å². The lowest BCUT2D eigenvalue weighted by molar-refractivity contribution is 0.100. The average molecular weight is 233 g/mol. The number of nitrogen functional groups attached to an aromatic ring is 1. The molecule has 0 radical (unpaired) electrons. The number of anilines is 2. The predicted octanol–water partition coefficient (Wildman–Crippen LogP) is 1.60. The van der Waals surface area contributed by atoms with Gasteiger partial charge in [0.1, 0.15) is 0 Å². The maximum Gasteiger partial charge on any atom is 0.250 e. The number of carbonyl (C=O) groups is 1. The van der Waals surface area contributed by atoms with Crippen LogP contribution in [-0.4, -0.2) is 19.0 Å². The second kappa shape index (κ2) is 4.65. The van der Waals surface area contributed by atoms with Crippen LogP contribution in [0.15, 0.2) is 18.2 Å². The van der Waals surface area contributed by atoms with Crippen LogP contribution in [-0.2, 0) is 0 Å². The lowest BCUT2D eigenvalue weighted by Gasteiger charge is -2.32. The highest BCUT2D eigenvalue weighted by Gasteiger charge is 2.17. The molecule has 1 aliphatic heterocycles. The Morgan fingerprint density at radius 2 is 2.00 bits per heavy atom. The van der Waals surface area contributed by atoms with Gasteiger partial charge < -0.3 is 16.4 Å². The molecule has 0 saturated carbocycles. The Morgan fingerprint density at radius 1 is 1.35 bits per heavy atom. The molecule has 1 fully saturated rings. The van der Waals surface area contributed by atoms with Crippen molar-refractivity contribution in [1.82, 2.24) is 0 Å². The van der Waals surface area contributed by atoms with E-state index in [4.69, 9.17) is 11.5 Å². The summed E-state index contributed by atoms with van der Waals surface area (Å²) in [5, 5.41) is 0. The van der Waals surface area contributed by atoms with E-state index in [0.717, 1.165) is 24.7 Å². The molecule has 0 aliphatic carbocycles. The summed E-state index contributed by atoms with van der Waals surface area (Å²) in [4.78, 5) is 13.5. The molecular weight excluding hydrogens is 214 g/mol. The Hall–Kier alpha value is -1.71. The Bertz CT molecular complexity index is 423. The van der Waals surface area contributed by atoms with Crippen LogP contribution < -0.4 is 16.4 Å². The number of nitrogens with zero attached hydrogens (tertiary/aromatic N) is 1. The molecule has 1 heterocycles. The number of benzene rings is 1. The molecule has 1 aromatic rings. The molecule has 4 N–H and O–H groups in total. The van der Waals surface area contributed by atoms with Gasteiger partial charge in [0.15, 0.2) is 0 Å². The van der Waals surface area contributed by atoms with E-state index >= 15 is 0 Å². The lowest BCUT2D eigenvalue weighted by Crippen LogP contribution is -2.33. The molecule has 1 saturated heterocycles. The molecule has 0 unspecified atom stereocenters. The topological polar surface area (TPSA) is 72.3 Å². The predicted molar refractivity (Wildman–Crippen MR) is 70.0 cm³/mol. The normalized spacial score (nSPS) is 17.1. The zero-order chi connectivity index (χ0) is 12.4. The lowest BCUT2D eigenvalue weighted by atomic mass is 9.98. The minimum atomic E-state index is -0.463. The van der Waals surface area contributed by atoms with E-state index in [9.17, 15) is 4.79 Å². The summed E-state index contributed by atoms with van der Waals surface area (Å²) in [6, 6.07) is 5.51. The van der Waals surface area contributed by atoms with Crippen LogP contribution >= 0.6 is 0 Å². The van der Waals surface area contributed by atoms with E-state index in [1.54, 1.807) is 12.1 Å². The zero-order valence-corrected chi connectivity index (χ0v) is 10.1. The van der Waals surface area contributed by atoms with Gasteiger partial charge in [-0.1, -0.05) is 6.92 Å². The van der Waals surface area contributed by atoms with Crippen LogP contribution in [0.5, 0.6) is 0 Å². The summed E-state index contributed by atoms with van der Waals surface area (Å²) < 4.78 is 0. The molecule has 4 heteroatoms. The maximum atomic E-state index is 11.2. The number of nitrogens with two attached hydrogens (primary N) is 2. The smallest absolute Gasteiger partial charge is 0.250 e. The third-order valence-electron chi connectivity index (χ3n) is 3.45. The largest absolute Gasteiger partial charge is 0.398 e. The van der Waals surface area contributed by atoms with Crippen molar-refractivity contribution >= 4 is 17.3 Å². The fourth-order valence-electron chi connectivity index (χ4n) is 2.22. The number of hydrogen-bond donors (Lipinski definition) is 2. The molecule has 17 heavy (non-hydrogen) atoms. The molecule has 1 aliphatic rings. The van der Waals surface area contributed by atoms with Gasteiger partial charge in [0.05, 0.1) is 5.56 Å². The van der Waals surface area contributed by atoms with Gasteiger partial charge in [-0.05, 0) is 37.0 Å². The number of primary amides is 1. The van der Waals surface area contributed by atoms with Crippen molar-refractivity contribution in [2.75, 3.05) is 23.7 Å². The zero-order valence-electron chi connectivity index (χ0n) is 10.1. The molecule has 2 rings (SSSR count). The van der Waals surface area contributed by atoms with Crippen LogP contribution in [0.1, 0.15) is 30.1 Å². The van der Waals surface area contributed by atoms with Gasteiger partial charge in [0.2, 0.25) is 0 Å². The average Bonchev–Trinajstić information content (AvgIpc) is 2.30. The molecular formula is C13H19N3O. The van der Waals surface area contributed by atoms with Crippen molar-refractivity contribution in [3.63, 3.8) is 0 Å². The van der Waals surface area contributed by atoms with Gasteiger partial charge in [-0.3, -0.25) is 4.79 Å². The number of rotatable bonds is 2. The highest BCUT2D eigenvalue weighted by molar-refractivity contribution is 5.99. The monoisotopic (exact) mass is 233 g/mol. The van der Waals surface area contributed by atoms with Gasteiger partial charge in [0, 0.05) is 24.5 Å². The molecule has 0 bridgehead atoms.